The summed E-state index contributed by atoms with van der Waals surface area (Å²) in [7, 11) is -4.37. The summed E-state index contributed by atoms with van der Waals surface area (Å²) < 4.78 is 23.6. The van der Waals surface area contributed by atoms with E-state index in [0.29, 0.717) is 16.9 Å². The molecule has 0 amide bonds. The lowest BCUT2D eigenvalue weighted by molar-refractivity contribution is -0.0756. The third-order valence-corrected chi connectivity index (χ3v) is 3.78. The average Bonchev–Trinajstić information content (AvgIpc) is 2.96. The van der Waals surface area contributed by atoms with E-state index in [4.69, 9.17) is 30.7 Å². The Balaban J connectivity index is 1.86. The van der Waals surface area contributed by atoms with Crippen LogP contribution in [0, 0.1) is 0 Å². The van der Waals surface area contributed by atoms with Crippen LogP contribution in [0.4, 0.5) is 11.8 Å². The number of rotatable bonds is 7. The number of hydrogen-bond acceptors (Lipinski definition) is 8. The van der Waals surface area contributed by atoms with Gasteiger partial charge < -0.3 is 35.3 Å². The van der Waals surface area contributed by atoms with Crippen LogP contribution in [0.15, 0.2) is 36.7 Å². The van der Waals surface area contributed by atoms with Crippen LogP contribution >= 0.6 is 7.60 Å². The van der Waals surface area contributed by atoms with Crippen LogP contribution in [0.3, 0.4) is 0 Å². The fraction of sp³-hybridized carbons (Fsp3) is 0.214. The van der Waals surface area contributed by atoms with Gasteiger partial charge in [0.25, 0.3) is 0 Å². The zero-order valence-electron chi connectivity index (χ0n) is 13.5. The van der Waals surface area contributed by atoms with E-state index in [1.165, 1.54) is 6.33 Å². The Morgan fingerprint density at radius 1 is 1.19 bits per heavy atom. The molecule has 2 aromatic heterocycles. The number of ether oxygens (including phenoxy) is 2. The van der Waals surface area contributed by atoms with Gasteiger partial charge in [0.15, 0.2) is 17.8 Å². The van der Waals surface area contributed by atoms with Gasteiger partial charge in [-0.15, -0.1) is 0 Å². The van der Waals surface area contributed by atoms with Crippen LogP contribution in [0.1, 0.15) is 0 Å². The zero-order valence-corrected chi connectivity index (χ0v) is 14.4. The predicted molar refractivity (Wildman–Crippen MR) is 93.0 cm³/mol. The fourth-order valence-corrected chi connectivity index (χ4v) is 2.59. The van der Waals surface area contributed by atoms with Crippen LogP contribution in [0.2, 0.25) is 0 Å². The Kier molecular flexibility index (Phi) is 5.05. The summed E-state index contributed by atoms with van der Waals surface area (Å²) in [5.41, 5.74) is 12.1. The number of aromatic nitrogens is 4. The first kappa shape index (κ1) is 18.1. The minimum absolute atomic E-state index is 0.0200. The molecular formula is C14H17N6O5P. The molecule has 0 saturated carbocycles. The fourth-order valence-electron chi connectivity index (χ4n) is 2.23. The van der Waals surface area contributed by atoms with Gasteiger partial charge in [0, 0.05) is 0 Å². The van der Waals surface area contributed by atoms with Crippen LogP contribution in [0.5, 0.6) is 5.75 Å². The van der Waals surface area contributed by atoms with Crippen LogP contribution in [-0.4, -0.2) is 41.9 Å². The minimum Gasteiger partial charge on any atom is -0.463 e. The standard InChI is InChI=1S/C14H17N6O5P/c15-12-11-13(19-14(16)18-12)20(7-17-11)6-10(24-8-26(21,22)23)25-9-4-2-1-3-5-9/h1-5,7,10H,6,8H2,(H2,21,22,23)(H4,15,16,18,19). The maximum absolute atomic E-state index is 11.1. The molecule has 0 aliphatic heterocycles. The number of nitrogens with zero attached hydrogens (tertiary/aromatic N) is 4. The molecule has 0 aliphatic carbocycles. The van der Waals surface area contributed by atoms with E-state index in [0.717, 1.165) is 0 Å². The van der Waals surface area contributed by atoms with Crippen molar-refractivity contribution in [2.24, 2.45) is 0 Å². The van der Waals surface area contributed by atoms with Gasteiger partial charge in [-0.2, -0.15) is 9.97 Å². The lowest BCUT2D eigenvalue weighted by atomic mass is 10.3. The Bertz CT molecular complexity index is 944. The van der Waals surface area contributed by atoms with Crippen molar-refractivity contribution in [3.63, 3.8) is 0 Å². The molecule has 12 heteroatoms. The number of hydrogen-bond donors (Lipinski definition) is 4. The van der Waals surface area contributed by atoms with Gasteiger partial charge in [-0.25, -0.2) is 4.98 Å². The molecule has 0 saturated heterocycles. The Morgan fingerprint density at radius 2 is 1.92 bits per heavy atom. The van der Waals surface area contributed by atoms with Gasteiger partial charge in [-0.1, -0.05) is 18.2 Å². The highest BCUT2D eigenvalue weighted by Crippen LogP contribution is 2.34. The maximum Gasteiger partial charge on any atom is 0.351 e. The third kappa shape index (κ3) is 4.46. The van der Waals surface area contributed by atoms with Crippen molar-refractivity contribution < 1.29 is 23.8 Å². The van der Waals surface area contributed by atoms with Gasteiger partial charge in [-0.3, -0.25) is 4.57 Å². The molecule has 0 bridgehead atoms. The van der Waals surface area contributed by atoms with E-state index in [2.05, 4.69) is 15.0 Å². The topological polar surface area (TPSA) is 172 Å². The molecule has 11 nitrogen and oxygen atoms in total. The number of anilines is 2. The van der Waals surface area contributed by atoms with Crippen LogP contribution in [0.25, 0.3) is 11.2 Å². The van der Waals surface area contributed by atoms with Crippen molar-refractivity contribution >= 4 is 30.5 Å². The third-order valence-electron chi connectivity index (χ3n) is 3.29. The molecule has 6 N–H and O–H groups in total. The van der Waals surface area contributed by atoms with Crippen LogP contribution in [-0.2, 0) is 15.8 Å². The van der Waals surface area contributed by atoms with Crippen LogP contribution < -0.4 is 16.2 Å². The molecule has 3 rings (SSSR count). The van der Waals surface area contributed by atoms with E-state index in [9.17, 15) is 4.57 Å². The highest BCUT2D eigenvalue weighted by Gasteiger charge is 2.21. The van der Waals surface area contributed by atoms with Gasteiger partial charge >= 0.3 is 7.60 Å². The molecule has 1 unspecified atom stereocenters. The Hall–Kier alpha value is -2.72. The molecule has 0 spiro atoms. The second-order valence-corrected chi connectivity index (χ2v) is 6.94. The quantitative estimate of drug-likeness (QED) is 0.335. The summed E-state index contributed by atoms with van der Waals surface area (Å²) in [6.07, 6.45) is -0.367. The van der Waals surface area contributed by atoms with Gasteiger partial charge in [-0.05, 0) is 12.1 Å². The highest BCUT2D eigenvalue weighted by atomic mass is 31.2. The van der Waals surface area contributed by atoms with Crippen molar-refractivity contribution in [3.05, 3.63) is 36.7 Å². The van der Waals surface area contributed by atoms with Gasteiger partial charge in [0.2, 0.25) is 12.2 Å². The lowest BCUT2D eigenvalue weighted by Gasteiger charge is -2.20. The largest absolute Gasteiger partial charge is 0.463 e. The molecule has 3 aromatic rings. The first-order valence-electron chi connectivity index (χ1n) is 7.43. The molecule has 0 radical (unpaired) electrons. The summed E-state index contributed by atoms with van der Waals surface area (Å²) in [5.74, 6) is 0.581. The number of nitrogen functional groups attached to an aromatic ring is 2. The second-order valence-electron chi connectivity index (χ2n) is 5.36. The maximum atomic E-state index is 11.1. The normalized spacial score (nSPS) is 13.0. The summed E-state index contributed by atoms with van der Waals surface area (Å²) in [6, 6.07) is 8.72. The van der Waals surface area contributed by atoms with Gasteiger partial charge in [0.1, 0.15) is 11.3 Å². The Labute approximate surface area is 147 Å². The summed E-state index contributed by atoms with van der Waals surface area (Å²) in [4.78, 5) is 30.2. The number of imidazole rings is 1. The van der Waals surface area contributed by atoms with Crippen molar-refractivity contribution in [3.8, 4) is 5.75 Å². The molecule has 2 heterocycles. The molecule has 0 aliphatic rings. The van der Waals surface area contributed by atoms with Crippen molar-refractivity contribution in [2.75, 3.05) is 17.8 Å². The van der Waals surface area contributed by atoms with E-state index >= 15 is 0 Å². The van der Waals surface area contributed by atoms with Crippen molar-refractivity contribution in [1.29, 1.82) is 0 Å². The second kappa shape index (κ2) is 7.26. The number of benzene rings is 1. The highest BCUT2D eigenvalue weighted by molar-refractivity contribution is 7.51. The molecule has 1 atom stereocenters. The summed E-state index contributed by atoms with van der Waals surface area (Å²) >= 11 is 0. The van der Waals surface area contributed by atoms with E-state index in [1.807, 2.05) is 6.07 Å². The molecular weight excluding hydrogens is 363 g/mol. The van der Waals surface area contributed by atoms with E-state index in [-0.39, 0.29) is 18.3 Å². The smallest absolute Gasteiger partial charge is 0.351 e. The van der Waals surface area contributed by atoms with E-state index in [1.54, 1.807) is 28.8 Å². The van der Waals surface area contributed by atoms with Gasteiger partial charge in [0.05, 0.1) is 12.9 Å². The monoisotopic (exact) mass is 380 g/mol. The predicted octanol–water partition coefficient (Wildman–Crippen LogP) is 0.548. The molecule has 138 valence electrons. The SMILES string of the molecule is Nc1nc(N)c2ncn(CC(OCP(=O)(O)O)Oc3ccccc3)c2n1. The van der Waals surface area contributed by atoms with Crippen molar-refractivity contribution in [1.82, 2.24) is 19.5 Å². The van der Waals surface area contributed by atoms with Crippen molar-refractivity contribution in [2.45, 2.75) is 12.8 Å². The molecule has 0 fully saturated rings. The number of fused-ring (bicyclic) bond motifs is 1. The summed E-state index contributed by atoms with van der Waals surface area (Å²) in [6.45, 7) is 0.0429. The number of para-hydroxylation sites is 1. The first-order valence-corrected chi connectivity index (χ1v) is 9.23. The summed E-state index contributed by atoms with van der Waals surface area (Å²) in [5, 5.41) is 0. The zero-order chi connectivity index (χ0) is 18.7. The first-order chi connectivity index (χ1) is 12.3. The lowest BCUT2D eigenvalue weighted by Crippen LogP contribution is -2.27. The number of nitrogens with two attached hydrogens (primary N) is 2. The molecule has 1 aromatic carbocycles. The van der Waals surface area contributed by atoms with E-state index < -0.39 is 20.2 Å². The average molecular weight is 380 g/mol. The molecule has 26 heavy (non-hydrogen) atoms. The Morgan fingerprint density at radius 3 is 2.62 bits per heavy atom. The minimum atomic E-state index is -4.37.